The summed E-state index contributed by atoms with van der Waals surface area (Å²) >= 11 is 0. The van der Waals surface area contributed by atoms with Crippen molar-refractivity contribution < 1.29 is 4.74 Å². The molecule has 0 aromatic heterocycles. The van der Waals surface area contributed by atoms with Gasteiger partial charge in [0.2, 0.25) is 0 Å². The molecular weight excluding hydrogens is 448 g/mol. The smallest absolute Gasteiger partial charge is 0.135 e. The molecule has 1 heterocycles. The van der Waals surface area contributed by atoms with E-state index in [0.717, 1.165) is 74.3 Å². The van der Waals surface area contributed by atoms with Gasteiger partial charge in [-0.25, -0.2) is 0 Å². The van der Waals surface area contributed by atoms with Gasteiger partial charge in [0.05, 0.1) is 0 Å². The summed E-state index contributed by atoms with van der Waals surface area (Å²) in [6, 6.07) is 23.3. The molecule has 1 nitrogen and oxygen atoms in total. The largest absolute Gasteiger partial charge is 0.456 e. The zero-order valence-electron chi connectivity index (χ0n) is 20.9. The third kappa shape index (κ3) is 3.47. The molecule has 0 amide bonds. The quantitative estimate of drug-likeness (QED) is 0.278. The summed E-state index contributed by atoms with van der Waals surface area (Å²) in [6.45, 7) is 17.2. The van der Waals surface area contributed by atoms with Gasteiger partial charge in [-0.3, -0.25) is 0 Å². The molecule has 0 atom stereocenters. The predicted molar refractivity (Wildman–Crippen MR) is 160 cm³/mol. The first-order valence-electron chi connectivity index (χ1n) is 12.6. The molecule has 0 bridgehead atoms. The maximum Gasteiger partial charge on any atom is 0.135 e. The Hall–Kier alpha value is -4.62. The van der Waals surface area contributed by atoms with Gasteiger partial charge in [-0.05, 0) is 86.3 Å². The minimum absolute atomic E-state index is 0.822. The molecule has 0 spiro atoms. The summed E-state index contributed by atoms with van der Waals surface area (Å²) in [5.74, 6) is 1.73. The van der Waals surface area contributed by atoms with E-state index >= 15 is 0 Å². The van der Waals surface area contributed by atoms with Gasteiger partial charge in [-0.1, -0.05) is 105 Å². The van der Waals surface area contributed by atoms with E-state index in [4.69, 9.17) is 4.74 Å². The van der Waals surface area contributed by atoms with Gasteiger partial charge in [-0.15, -0.1) is 0 Å². The predicted octanol–water partition coefficient (Wildman–Crippen LogP) is 10.1. The van der Waals surface area contributed by atoms with Crippen LogP contribution >= 0.6 is 0 Å². The molecule has 0 saturated heterocycles. The first kappa shape index (κ1) is 22.8. The fraction of sp³-hybridized carbons (Fsp3) is 0.0556. The van der Waals surface area contributed by atoms with Crippen molar-refractivity contribution in [3.63, 3.8) is 0 Å². The molecule has 0 unspecified atom stereocenters. The fourth-order valence-electron chi connectivity index (χ4n) is 5.84. The van der Waals surface area contributed by atoms with E-state index in [2.05, 4.69) is 99.1 Å². The Labute approximate surface area is 218 Å². The molecule has 1 heteroatoms. The minimum atomic E-state index is 0.822. The Bertz CT molecular complexity index is 1690. The Balaban J connectivity index is 1.70. The van der Waals surface area contributed by atoms with Crippen LogP contribution in [0.2, 0.25) is 0 Å². The van der Waals surface area contributed by atoms with Crippen LogP contribution in [0.5, 0.6) is 5.75 Å². The second-order valence-electron chi connectivity index (χ2n) is 9.37. The molecule has 4 aromatic rings. The normalized spacial score (nSPS) is 14.1. The Morgan fingerprint density at radius 1 is 0.676 bits per heavy atom. The fourth-order valence-corrected chi connectivity index (χ4v) is 5.84. The highest BCUT2D eigenvalue weighted by atomic mass is 16.5. The second kappa shape index (κ2) is 9.11. The third-order valence-corrected chi connectivity index (χ3v) is 7.46. The maximum absolute atomic E-state index is 6.35. The van der Waals surface area contributed by atoms with Crippen LogP contribution in [0.15, 0.2) is 117 Å². The van der Waals surface area contributed by atoms with Crippen molar-refractivity contribution in [1.82, 2.24) is 0 Å². The minimum Gasteiger partial charge on any atom is -0.456 e. The van der Waals surface area contributed by atoms with E-state index in [1.54, 1.807) is 0 Å². The molecule has 0 N–H and O–H groups in total. The average molecular weight is 477 g/mol. The lowest BCUT2D eigenvalue weighted by atomic mass is 9.80. The van der Waals surface area contributed by atoms with E-state index < -0.39 is 0 Å². The first-order valence-corrected chi connectivity index (χ1v) is 12.6. The number of hydrogen-bond acceptors (Lipinski definition) is 1. The van der Waals surface area contributed by atoms with Gasteiger partial charge < -0.3 is 4.74 Å². The summed E-state index contributed by atoms with van der Waals surface area (Å²) in [5.41, 5.74) is 10.9. The zero-order valence-corrected chi connectivity index (χ0v) is 20.9. The summed E-state index contributed by atoms with van der Waals surface area (Å²) in [5, 5.41) is 2.34. The van der Waals surface area contributed by atoms with Crippen LogP contribution < -0.4 is 4.74 Å². The van der Waals surface area contributed by atoms with Gasteiger partial charge in [0.1, 0.15) is 11.5 Å². The topological polar surface area (TPSA) is 9.23 Å². The molecule has 178 valence electrons. The Kier molecular flexibility index (Phi) is 5.62. The van der Waals surface area contributed by atoms with Crippen molar-refractivity contribution >= 4 is 34.6 Å². The molecule has 0 fully saturated rings. The second-order valence-corrected chi connectivity index (χ2v) is 9.37. The van der Waals surface area contributed by atoms with Crippen LogP contribution in [-0.2, 0) is 0 Å². The number of allylic oxidation sites excluding steroid dienone is 4. The molecule has 1 aliphatic carbocycles. The number of hydrogen-bond donors (Lipinski definition) is 0. The van der Waals surface area contributed by atoms with Crippen LogP contribution in [-0.4, -0.2) is 0 Å². The molecular formula is C36H28O. The van der Waals surface area contributed by atoms with Gasteiger partial charge in [0, 0.05) is 11.1 Å². The highest BCUT2D eigenvalue weighted by Crippen LogP contribution is 2.49. The molecule has 6 rings (SSSR count). The Morgan fingerprint density at radius 3 is 2.03 bits per heavy atom. The van der Waals surface area contributed by atoms with Gasteiger partial charge in [-0.2, -0.15) is 0 Å². The number of ether oxygens (including phenoxy) is 1. The molecule has 0 saturated carbocycles. The van der Waals surface area contributed by atoms with Crippen LogP contribution in [0.1, 0.15) is 35.1 Å². The van der Waals surface area contributed by atoms with E-state index in [1.165, 1.54) is 16.5 Å². The first-order chi connectivity index (χ1) is 18.2. The third-order valence-electron chi connectivity index (χ3n) is 7.46. The average Bonchev–Trinajstić information content (AvgIpc) is 2.95. The Morgan fingerprint density at radius 2 is 1.32 bits per heavy atom. The lowest BCUT2D eigenvalue weighted by molar-refractivity contribution is 0.428. The van der Waals surface area contributed by atoms with E-state index in [-0.39, 0.29) is 0 Å². The van der Waals surface area contributed by atoms with E-state index in [1.807, 2.05) is 24.3 Å². The lowest BCUT2D eigenvalue weighted by Crippen LogP contribution is -2.12. The number of benzene rings is 4. The molecule has 4 aromatic carbocycles. The maximum atomic E-state index is 6.35. The van der Waals surface area contributed by atoms with Gasteiger partial charge in [0.25, 0.3) is 0 Å². The number of rotatable bonds is 5. The van der Waals surface area contributed by atoms with Crippen LogP contribution in [0, 0.1) is 0 Å². The summed E-state index contributed by atoms with van der Waals surface area (Å²) in [4.78, 5) is 0. The van der Waals surface area contributed by atoms with Crippen molar-refractivity contribution in [2.75, 3.05) is 0 Å². The SMILES string of the molecule is C=Cc1c(-c2c(C=C)c(C=C)c(-c3ccccc3)c3ccccc23)ccc2c1C(=C)C1=C(C=CCC1)O2. The number of fused-ring (bicyclic) bond motifs is 2. The monoisotopic (exact) mass is 476 g/mol. The summed E-state index contributed by atoms with van der Waals surface area (Å²) < 4.78 is 6.35. The molecule has 37 heavy (non-hydrogen) atoms. The van der Waals surface area contributed by atoms with Crippen LogP contribution in [0.4, 0.5) is 0 Å². The van der Waals surface area contributed by atoms with E-state index in [0.29, 0.717) is 0 Å². The standard InChI is InChI=1S/C36H28O/c1-5-25-26(6-2)36(30-19-12-11-18-29(30)35(25)24-15-9-8-10-16-24)31-21-22-33-34(27(31)7-3)23(4)28-17-13-14-20-32(28)37-33/h5-12,14-16,18-22H,1-4,13,17H2. The molecule has 2 aliphatic rings. The molecule has 0 radical (unpaired) electrons. The summed E-state index contributed by atoms with van der Waals surface area (Å²) in [7, 11) is 0. The highest BCUT2D eigenvalue weighted by molar-refractivity contribution is 6.13. The van der Waals surface area contributed by atoms with Gasteiger partial charge >= 0.3 is 0 Å². The van der Waals surface area contributed by atoms with Crippen LogP contribution in [0.3, 0.4) is 0 Å². The van der Waals surface area contributed by atoms with Crippen molar-refractivity contribution in [3.05, 3.63) is 139 Å². The van der Waals surface area contributed by atoms with Crippen molar-refractivity contribution in [2.45, 2.75) is 12.8 Å². The summed E-state index contributed by atoms with van der Waals surface area (Å²) in [6.07, 6.45) is 12.0. The molecule has 1 aliphatic heterocycles. The van der Waals surface area contributed by atoms with Crippen molar-refractivity contribution in [3.8, 4) is 28.0 Å². The van der Waals surface area contributed by atoms with Crippen molar-refractivity contribution in [2.24, 2.45) is 0 Å². The zero-order chi connectivity index (χ0) is 25.5. The van der Waals surface area contributed by atoms with E-state index in [9.17, 15) is 0 Å². The highest BCUT2D eigenvalue weighted by Gasteiger charge is 2.28. The lowest BCUT2D eigenvalue weighted by Gasteiger charge is -2.29. The van der Waals surface area contributed by atoms with Crippen molar-refractivity contribution in [1.29, 1.82) is 0 Å². The van der Waals surface area contributed by atoms with Crippen LogP contribution in [0.25, 0.3) is 56.8 Å². The van der Waals surface area contributed by atoms with Gasteiger partial charge in [0.15, 0.2) is 0 Å².